The number of nitrogens with two attached hydrogens (primary N) is 1. The molecule has 0 bridgehead atoms. The second-order valence-electron chi connectivity index (χ2n) is 6.32. The number of carbonyl (C=O) groups excluding carboxylic acids is 2. The van der Waals surface area contributed by atoms with Gasteiger partial charge in [0.05, 0.1) is 16.9 Å². The van der Waals surface area contributed by atoms with Gasteiger partial charge in [0.25, 0.3) is 11.8 Å². The van der Waals surface area contributed by atoms with Crippen molar-refractivity contribution in [1.82, 2.24) is 15.2 Å². The van der Waals surface area contributed by atoms with Crippen molar-refractivity contribution in [2.24, 2.45) is 5.73 Å². The Morgan fingerprint density at radius 1 is 1.19 bits per heavy atom. The third-order valence-electron chi connectivity index (χ3n) is 4.32. The molecule has 0 atom stereocenters. The molecule has 0 fully saturated rings. The molecule has 31 heavy (non-hydrogen) atoms. The van der Waals surface area contributed by atoms with Crippen molar-refractivity contribution in [2.75, 3.05) is 5.32 Å². The predicted octanol–water partition coefficient (Wildman–Crippen LogP) is 4.71. The molecule has 4 aromatic rings. The maximum Gasteiger partial charge on any atom is 0.433 e. The molecule has 2 amide bonds. The summed E-state index contributed by atoms with van der Waals surface area (Å²) in [5.74, 6) is -1.68. The smallest absolute Gasteiger partial charge is 0.365 e. The lowest BCUT2D eigenvalue weighted by molar-refractivity contribution is -0.140. The molecule has 0 radical (unpaired) electrons. The van der Waals surface area contributed by atoms with Gasteiger partial charge in [-0.25, -0.2) is 4.98 Å². The normalized spacial score (nSPS) is 11.6. The minimum Gasteiger partial charge on any atom is -0.365 e. The molecule has 0 unspecified atom stereocenters. The van der Waals surface area contributed by atoms with Crippen molar-refractivity contribution in [3.8, 4) is 11.1 Å². The van der Waals surface area contributed by atoms with Gasteiger partial charge in [-0.1, -0.05) is 41.9 Å². The number of fused-ring (bicyclic) bond motifs is 1. The van der Waals surface area contributed by atoms with Crippen molar-refractivity contribution >= 4 is 50.7 Å². The van der Waals surface area contributed by atoms with Gasteiger partial charge >= 0.3 is 6.18 Å². The fourth-order valence-electron chi connectivity index (χ4n) is 2.99. The number of thiophene rings is 1. The number of rotatable bonds is 4. The Kier molecular flexibility index (Phi) is 5.15. The van der Waals surface area contributed by atoms with Gasteiger partial charge in [-0.05, 0) is 17.2 Å². The summed E-state index contributed by atoms with van der Waals surface area (Å²) >= 11 is 6.57. The second kappa shape index (κ2) is 7.67. The van der Waals surface area contributed by atoms with Crippen LogP contribution in [0, 0.1) is 0 Å². The van der Waals surface area contributed by atoms with E-state index in [2.05, 4.69) is 20.5 Å². The largest absolute Gasteiger partial charge is 0.433 e. The van der Waals surface area contributed by atoms with E-state index >= 15 is 0 Å². The van der Waals surface area contributed by atoms with Crippen molar-refractivity contribution in [3.05, 3.63) is 63.9 Å². The topological polar surface area (TPSA) is 114 Å². The minimum absolute atomic E-state index is 0.0263. The van der Waals surface area contributed by atoms with E-state index in [4.69, 9.17) is 17.3 Å². The standard InChI is InChI=1S/C19H11ClF3N5O2S/c20-10-7-25-28-13(10)17(30)27-14-12-9(8-4-2-1-3-5-8)6-11(19(21,22)23)26-18(12)31-15(14)16(24)29/h1-7H,(H2,24,29)(H,25,28)(H,27,30). The van der Waals surface area contributed by atoms with E-state index in [0.29, 0.717) is 16.9 Å². The number of halogens is 4. The molecule has 4 N–H and O–H groups in total. The molecule has 4 rings (SSSR count). The maximum absolute atomic E-state index is 13.5. The van der Waals surface area contributed by atoms with Crippen LogP contribution in [0.15, 0.2) is 42.6 Å². The number of anilines is 1. The minimum atomic E-state index is -4.72. The Labute approximate surface area is 181 Å². The number of alkyl halides is 3. The molecule has 3 aromatic heterocycles. The average molecular weight is 466 g/mol. The Morgan fingerprint density at radius 3 is 2.48 bits per heavy atom. The van der Waals surface area contributed by atoms with Gasteiger partial charge in [-0.15, -0.1) is 11.3 Å². The monoisotopic (exact) mass is 465 g/mol. The molecule has 1 aromatic carbocycles. The summed E-state index contributed by atoms with van der Waals surface area (Å²) in [5.41, 5.74) is 4.73. The molecular weight excluding hydrogens is 455 g/mol. The van der Waals surface area contributed by atoms with Gasteiger partial charge in [0, 0.05) is 5.39 Å². The summed E-state index contributed by atoms with van der Waals surface area (Å²) in [6, 6.07) is 9.09. The van der Waals surface area contributed by atoms with Crippen LogP contribution in [0.2, 0.25) is 5.02 Å². The van der Waals surface area contributed by atoms with E-state index in [1.807, 2.05) is 0 Å². The highest BCUT2D eigenvalue weighted by Gasteiger charge is 2.35. The first-order valence-electron chi connectivity index (χ1n) is 8.57. The van der Waals surface area contributed by atoms with Crippen molar-refractivity contribution in [1.29, 1.82) is 0 Å². The van der Waals surface area contributed by atoms with Crippen LogP contribution in [-0.2, 0) is 6.18 Å². The van der Waals surface area contributed by atoms with Crippen LogP contribution in [0.25, 0.3) is 21.3 Å². The van der Waals surface area contributed by atoms with E-state index in [-0.39, 0.29) is 37.1 Å². The van der Waals surface area contributed by atoms with E-state index in [1.54, 1.807) is 30.3 Å². The third-order valence-corrected chi connectivity index (χ3v) is 5.70. The Morgan fingerprint density at radius 2 is 1.90 bits per heavy atom. The van der Waals surface area contributed by atoms with Crippen LogP contribution in [0.3, 0.4) is 0 Å². The summed E-state index contributed by atoms with van der Waals surface area (Å²) in [6.07, 6.45) is -3.51. The van der Waals surface area contributed by atoms with Crippen molar-refractivity contribution in [3.63, 3.8) is 0 Å². The van der Waals surface area contributed by atoms with E-state index in [1.165, 1.54) is 6.20 Å². The number of nitrogens with one attached hydrogen (secondary N) is 2. The Hall–Kier alpha value is -3.44. The van der Waals surface area contributed by atoms with Crippen LogP contribution < -0.4 is 11.1 Å². The lowest BCUT2D eigenvalue weighted by Crippen LogP contribution is -2.17. The zero-order valence-corrected chi connectivity index (χ0v) is 16.8. The fraction of sp³-hybridized carbons (Fsp3) is 0.0526. The maximum atomic E-state index is 13.5. The van der Waals surface area contributed by atoms with Crippen molar-refractivity contribution in [2.45, 2.75) is 6.18 Å². The predicted molar refractivity (Wildman–Crippen MR) is 110 cm³/mol. The Bertz CT molecular complexity index is 1320. The van der Waals surface area contributed by atoms with Crippen molar-refractivity contribution < 1.29 is 22.8 Å². The van der Waals surface area contributed by atoms with Crippen LogP contribution in [0.1, 0.15) is 25.9 Å². The molecule has 0 aliphatic heterocycles. The molecule has 0 spiro atoms. The first-order valence-corrected chi connectivity index (χ1v) is 9.76. The van der Waals surface area contributed by atoms with Gasteiger partial charge < -0.3 is 11.1 Å². The number of H-pyrrole nitrogens is 1. The van der Waals surface area contributed by atoms with Gasteiger partial charge in [-0.2, -0.15) is 18.3 Å². The molecular formula is C19H11ClF3N5O2S. The number of hydrogen-bond acceptors (Lipinski definition) is 5. The van der Waals surface area contributed by atoms with Gasteiger partial charge in [0.2, 0.25) is 0 Å². The zero-order valence-electron chi connectivity index (χ0n) is 15.2. The van der Waals surface area contributed by atoms with E-state index in [0.717, 1.165) is 6.07 Å². The third kappa shape index (κ3) is 3.84. The SMILES string of the molecule is NC(=O)c1sc2nc(C(F)(F)F)cc(-c3ccccc3)c2c1NC(=O)c1[nH]ncc1Cl. The van der Waals surface area contributed by atoms with E-state index < -0.39 is 23.7 Å². The van der Waals surface area contributed by atoms with Gasteiger partial charge in [-0.3, -0.25) is 14.7 Å². The summed E-state index contributed by atoms with van der Waals surface area (Å²) in [4.78, 5) is 28.1. The van der Waals surface area contributed by atoms with E-state index in [9.17, 15) is 22.8 Å². The first kappa shape index (κ1) is 20.8. The summed E-state index contributed by atoms with van der Waals surface area (Å²) in [5, 5.41) is 8.77. The number of amides is 2. The number of hydrogen-bond donors (Lipinski definition) is 3. The molecule has 0 aliphatic carbocycles. The lowest BCUT2D eigenvalue weighted by atomic mass is 10.0. The molecule has 0 saturated heterocycles. The number of benzene rings is 1. The molecule has 7 nitrogen and oxygen atoms in total. The summed E-state index contributed by atoms with van der Waals surface area (Å²) in [7, 11) is 0. The summed E-state index contributed by atoms with van der Waals surface area (Å²) in [6.45, 7) is 0. The second-order valence-corrected chi connectivity index (χ2v) is 7.72. The molecule has 0 saturated carbocycles. The van der Waals surface area contributed by atoms with Crippen LogP contribution in [0.5, 0.6) is 0 Å². The molecule has 12 heteroatoms. The summed E-state index contributed by atoms with van der Waals surface area (Å²) < 4.78 is 40.4. The average Bonchev–Trinajstić information content (AvgIpc) is 3.31. The quantitative estimate of drug-likeness (QED) is 0.405. The fourth-order valence-corrected chi connectivity index (χ4v) is 4.17. The number of carbonyl (C=O) groups is 2. The highest BCUT2D eigenvalue weighted by molar-refractivity contribution is 7.21. The number of pyridine rings is 1. The highest BCUT2D eigenvalue weighted by Crippen LogP contribution is 2.43. The van der Waals surface area contributed by atoms with Crippen LogP contribution >= 0.6 is 22.9 Å². The highest BCUT2D eigenvalue weighted by atomic mass is 35.5. The molecule has 0 aliphatic rings. The van der Waals surface area contributed by atoms with Gasteiger partial charge in [0.1, 0.15) is 21.1 Å². The Balaban J connectivity index is 2.00. The van der Waals surface area contributed by atoms with Crippen LogP contribution in [-0.4, -0.2) is 27.0 Å². The number of aromatic nitrogens is 3. The van der Waals surface area contributed by atoms with Crippen LogP contribution in [0.4, 0.5) is 18.9 Å². The lowest BCUT2D eigenvalue weighted by Gasteiger charge is -2.12. The number of aromatic amines is 1. The first-order chi connectivity index (χ1) is 14.7. The number of primary amides is 1. The van der Waals surface area contributed by atoms with Gasteiger partial charge in [0.15, 0.2) is 0 Å². The molecule has 3 heterocycles. The molecule has 158 valence electrons. The zero-order chi connectivity index (χ0) is 22.3. The number of nitrogens with zero attached hydrogens (tertiary/aromatic N) is 2.